The van der Waals surface area contributed by atoms with Crippen molar-refractivity contribution < 1.29 is 9.94 Å². The minimum Gasteiger partial charge on any atom is -0.391 e. The van der Waals surface area contributed by atoms with E-state index < -0.39 is 6.10 Å². The first-order valence-corrected chi connectivity index (χ1v) is 7.15. The largest absolute Gasteiger partial charge is 0.391 e. The van der Waals surface area contributed by atoms with Crippen molar-refractivity contribution >= 4 is 0 Å². The van der Waals surface area contributed by atoms with Crippen molar-refractivity contribution in [3.8, 4) is 0 Å². The molecule has 1 aliphatic heterocycles. The SMILES string of the molecule is CC(C)C[C@]1(Cc2ccccc2)C[C@H]([C@@H](C)O)ON1. The lowest BCUT2D eigenvalue weighted by Crippen LogP contribution is -2.42. The number of aliphatic hydroxyl groups excluding tert-OH is 1. The van der Waals surface area contributed by atoms with Gasteiger partial charge in [-0.15, -0.1) is 0 Å². The van der Waals surface area contributed by atoms with E-state index in [1.165, 1.54) is 5.56 Å². The molecule has 1 aromatic rings. The topological polar surface area (TPSA) is 41.5 Å². The van der Waals surface area contributed by atoms with Crippen LogP contribution in [0.5, 0.6) is 0 Å². The molecular formula is C16H25NO2. The summed E-state index contributed by atoms with van der Waals surface area (Å²) in [6.07, 6.45) is 2.30. The van der Waals surface area contributed by atoms with Crippen molar-refractivity contribution in [2.45, 2.75) is 57.8 Å². The summed E-state index contributed by atoms with van der Waals surface area (Å²) < 4.78 is 0. The zero-order valence-electron chi connectivity index (χ0n) is 12.1. The Balaban J connectivity index is 2.12. The molecule has 3 nitrogen and oxygen atoms in total. The van der Waals surface area contributed by atoms with E-state index >= 15 is 0 Å². The van der Waals surface area contributed by atoms with Gasteiger partial charge in [0, 0.05) is 0 Å². The first-order valence-electron chi connectivity index (χ1n) is 7.15. The monoisotopic (exact) mass is 263 g/mol. The zero-order chi connectivity index (χ0) is 13.9. The summed E-state index contributed by atoms with van der Waals surface area (Å²) in [5.74, 6) is 0.590. The molecule has 3 atom stereocenters. The molecule has 1 fully saturated rings. The Morgan fingerprint density at radius 1 is 1.32 bits per heavy atom. The van der Waals surface area contributed by atoms with Gasteiger partial charge in [0.25, 0.3) is 0 Å². The van der Waals surface area contributed by atoms with E-state index in [0.717, 1.165) is 19.3 Å². The maximum atomic E-state index is 9.72. The van der Waals surface area contributed by atoms with Crippen LogP contribution in [0.25, 0.3) is 0 Å². The maximum Gasteiger partial charge on any atom is 0.106 e. The molecule has 0 aromatic heterocycles. The van der Waals surface area contributed by atoms with Crippen LogP contribution >= 0.6 is 0 Å². The van der Waals surface area contributed by atoms with Crippen LogP contribution in [0.15, 0.2) is 30.3 Å². The van der Waals surface area contributed by atoms with Crippen molar-refractivity contribution in [2.24, 2.45) is 5.92 Å². The van der Waals surface area contributed by atoms with E-state index in [1.54, 1.807) is 6.92 Å². The summed E-state index contributed by atoms with van der Waals surface area (Å²) in [7, 11) is 0. The number of aliphatic hydroxyl groups is 1. The number of nitrogens with one attached hydrogen (secondary N) is 1. The summed E-state index contributed by atoms with van der Waals surface area (Å²) in [6.45, 7) is 6.24. The van der Waals surface area contributed by atoms with Crippen molar-refractivity contribution in [1.82, 2.24) is 5.48 Å². The molecule has 2 rings (SSSR count). The van der Waals surface area contributed by atoms with Crippen LogP contribution < -0.4 is 5.48 Å². The van der Waals surface area contributed by atoms with Crippen LogP contribution in [0.4, 0.5) is 0 Å². The quantitative estimate of drug-likeness (QED) is 0.858. The molecule has 0 amide bonds. The summed E-state index contributed by atoms with van der Waals surface area (Å²) in [5.41, 5.74) is 4.47. The van der Waals surface area contributed by atoms with Crippen molar-refractivity contribution in [1.29, 1.82) is 0 Å². The van der Waals surface area contributed by atoms with Gasteiger partial charge in [-0.3, -0.25) is 4.84 Å². The molecular weight excluding hydrogens is 238 g/mol. The Morgan fingerprint density at radius 3 is 2.53 bits per heavy atom. The highest BCUT2D eigenvalue weighted by atomic mass is 16.7. The first kappa shape index (κ1) is 14.5. The van der Waals surface area contributed by atoms with Crippen LogP contribution in [-0.2, 0) is 11.3 Å². The minimum absolute atomic E-state index is 0.0584. The second-order valence-electron chi connectivity index (χ2n) is 6.24. The highest BCUT2D eigenvalue weighted by molar-refractivity contribution is 5.18. The number of hydroxylamine groups is 1. The zero-order valence-corrected chi connectivity index (χ0v) is 12.1. The van der Waals surface area contributed by atoms with Gasteiger partial charge in [-0.2, -0.15) is 5.48 Å². The fraction of sp³-hybridized carbons (Fsp3) is 0.625. The molecule has 0 aliphatic carbocycles. The fourth-order valence-corrected chi connectivity index (χ4v) is 3.01. The second-order valence-corrected chi connectivity index (χ2v) is 6.24. The Bertz CT molecular complexity index is 391. The summed E-state index contributed by atoms with van der Waals surface area (Å²) in [6, 6.07) is 10.5. The molecule has 0 spiro atoms. The number of rotatable bonds is 5. The Hall–Kier alpha value is -0.900. The molecule has 0 unspecified atom stereocenters. The molecule has 3 heteroatoms. The maximum absolute atomic E-state index is 9.72. The van der Waals surface area contributed by atoms with E-state index in [4.69, 9.17) is 4.84 Å². The standard InChI is InChI=1S/C16H25NO2/c1-12(2)9-16(10-14-7-5-4-6-8-14)11-15(13(3)18)19-17-16/h4-8,12-13,15,17-18H,9-11H2,1-3H3/t13-,15-,16+/m1/s1. The van der Waals surface area contributed by atoms with E-state index in [2.05, 4.69) is 43.6 Å². The average Bonchev–Trinajstić information content (AvgIpc) is 2.73. The highest BCUT2D eigenvalue weighted by Crippen LogP contribution is 2.33. The van der Waals surface area contributed by atoms with Gasteiger partial charge >= 0.3 is 0 Å². The first-order chi connectivity index (χ1) is 9.01. The van der Waals surface area contributed by atoms with E-state index in [9.17, 15) is 5.11 Å². The molecule has 1 aliphatic rings. The van der Waals surface area contributed by atoms with Crippen molar-refractivity contribution in [3.63, 3.8) is 0 Å². The molecule has 0 radical (unpaired) electrons. The molecule has 19 heavy (non-hydrogen) atoms. The van der Waals surface area contributed by atoms with Gasteiger partial charge in [0.05, 0.1) is 11.6 Å². The summed E-state index contributed by atoms with van der Waals surface area (Å²) in [4.78, 5) is 5.60. The van der Waals surface area contributed by atoms with E-state index in [0.29, 0.717) is 5.92 Å². The third-order valence-corrected chi connectivity index (χ3v) is 3.74. The van der Waals surface area contributed by atoms with Crippen LogP contribution in [0.2, 0.25) is 0 Å². The molecule has 1 aromatic carbocycles. The average molecular weight is 263 g/mol. The van der Waals surface area contributed by atoms with Crippen LogP contribution in [-0.4, -0.2) is 22.9 Å². The number of hydrogen-bond acceptors (Lipinski definition) is 3. The number of benzene rings is 1. The molecule has 2 N–H and O–H groups in total. The molecule has 106 valence electrons. The third kappa shape index (κ3) is 3.78. The molecule has 1 saturated heterocycles. The minimum atomic E-state index is -0.433. The lowest BCUT2D eigenvalue weighted by molar-refractivity contribution is -0.0457. The lowest BCUT2D eigenvalue weighted by atomic mass is 9.80. The Kier molecular flexibility index (Phi) is 4.61. The fourth-order valence-electron chi connectivity index (χ4n) is 3.01. The van der Waals surface area contributed by atoms with Crippen LogP contribution in [0.3, 0.4) is 0 Å². The Labute approximate surface area is 115 Å². The molecule has 1 heterocycles. The van der Waals surface area contributed by atoms with Crippen LogP contribution in [0.1, 0.15) is 39.2 Å². The van der Waals surface area contributed by atoms with Crippen LogP contribution in [0, 0.1) is 5.92 Å². The predicted octanol–water partition coefficient (Wildman–Crippen LogP) is 2.69. The second kappa shape index (κ2) is 6.04. The highest BCUT2D eigenvalue weighted by Gasteiger charge is 2.42. The lowest BCUT2D eigenvalue weighted by Gasteiger charge is -2.30. The van der Waals surface area contributed by atoms with Gasteiger partial charge in [0.15, 0.2) is 0 Å². The van der Waals surface area contributed by atoms with Gasteiger partial charge in [-0.1, -0.05) is 44.2 Å². The summed E-state index contributed by atoms with van der Waals surface area (Å²) >= 11 is 0. The molecule has 0 bridgehead atoms. The normalized spacial score (nSPS) is 28.8. The molecule has 0 saturated carbocycles. The smallest absolute Gasteiger partial charge is 0.106 e. The van der Waals surface area contributed by atoms with Crippen molar-refractivity contribution in [2.75, 3.05) is 0 Å². The number of hydrogen-bond donors (Lipinski definition) is 2. The van der Waals surface area contributed by atoms with Gasteiger partial charge in [0.1, 0.15) is 6.10 Å². The van der Waals surface area contributed by atoms with Gasteiger partial charge in [-0.05, 0) is 37.7 Å². The third-order valence-electron chi connectivity index (χ3n) is 3.74. The van der Waals surface area contributed by atoms with Gasteiger partial charge < -0.3 is 5.11 Å². The van der Waals surface area contributed by atoms with Gasteiger partial charge in [0.2, 0.25) is 0 Å². The van der Waals surface area contributed by atoms with E-state index in [1.807, 2.05) is 6.07 Å². The predicted molar refractivity (Wildman–Crippen MR) is 76.6 cm³/mol. The Morgan fingerprint density at radius 2 is 2.00 bits per heavy atom. The van der Waals surface area contributed by atoms with Crippen molar-refractivity contribution in [3.05, 3.63) is 35.9 Å². The van der Waals surface area contributed by atoms with Gasteiger partial charge in [-0.25, -0.2) is 0 Å². The summed E-state index contributed by atoms with van der Waals surface area (Å²) in [5, 5.41) is 9.72. The van der Waals surface area contributed by atoms with E-state index in [-0.39, 0.29) is 11.6 Å².